The molecule has 0 aromatic heterocycles. The lowest BCUT2D eigenvalue weighted by Gasteiger charge is -2.18. The van der Waals surface area contributed by atoms with E-state index in [0.717, 1.165) is 5.56 Å². The first-order valence-electron chi connectivity index (χ1n) is 9.70. The molecule has 0 aliphatic carbocycles. The SMILES string of the molecule is CC(C)COC(=O)C[C@H](NC(=O)OCCc1ccc(O)cc1)C(=O)OCC(C)C. The molecule has 0 aliphatic rings. The Morgan fingerprint density at radius 2 is 1.52 bits per heavy atom. The Balaban J connectivity index is 2.56. The van der Waals surface area contributed by atoms with Gasteiger partial charge in [-0.3, -0.25) is 4.79 Å². The van der Waals surface area contributed by atoms with E-state index in [1.807, 2.05) is 27.7 Å². The zero-order chi connectivity index (χ0) is 21.8. The Morgan fingerprint density at radius 3 is 2.10 bits per heavy atom. The fraction of sp³-hybridized carbons (Fsp3) is 0.571. The van der Waals surface area contributed by atoms with Gasteiger partial charge in [-0.1, -0.05) is 39.8 Å². The van der Waals surface area contributed by atoms with E-state index >= 15 is 0 Å². The molecule has 1 amide bonds. The van der Waals surface area contributed by atoms with Crippen LogP contribution in [0.3, 0.4) is 0 Å². The third kappa shape index (κ3) is 11.0. The van der Waals surface area contributed by atoms with Gasteiger partial charge in [-0.05, 0) is 29.5 Å². The highest BCUT2D eigenvalue weighted by Gasteiger charge is 2.27. The van der Waals surface area contributed by atoms with Crippen LogP contribution >= 0.6 is 0 Å². The lowest BCUT2D eigenvalue weighted by Crippen LogP contribution is -2.44. The number of hydrogen-bond acceptors (Lipinski definition) is 7. The summed E-state index contributed by atoms with van der Waals surface area (Å²) in [6, 6.07) is 5.33. The Bertz CT molecular complexity index is 655. The van der Waals surface area contributed by atoms with Crippen LogP contribution in [0.5, 0.6) is 5.75 Å². The Kier molecular flexibility index (Phi) is 10.6. The van der Waals surface area contributed by atoms with Crippen molar-refractivity contribution >= 4 is 18.0 Å². The summed E-state index contributed by atoms with van der Waals surface area (Å²) in [6.45, 7) is 8.02. The summed E-state index contributed by atoms with van der Waals surface area (Å²) in [5.74, 6) is -0.891. The van der Waals surface area contributed by atoms with Gasteiger partial charge in [0, 0.05) is 6.42 Å². The molecule has 0 fully saturated rings. The topological polar surface area (TPSA) is 111 Å². The number of rotatable bonds is 11. The van der Waals surface area contributed by atoms with Crippen LogP contribution in [0.4, 0.5) is 4.79 Å². The molecule has 0 saturated carbocycles. The highest BCUT2D eigenvalue weighted by Crippen LogP contribution is 2.10. The van der Waals surface area contributed by atoms with E-state index in [1.54, 1.807) is 24.3 Å². The van der Waals surface area contributed by atoms with Crippen molar-refractivity contribution in [2.45, 2.75) is 46.6 Å². The summed E-state index contributed by atoms with van der Waals surface area (Å²) in [4.78, 5) is 36.3. The summed E-state index contributed by atoms with van der Waals surface area (Å²) in [6.07, 6.45) is -0.726. The van der Waals surface area contributed by atoms with Gasteiger partial charge in [0.15, 0.2) is 0 Å². The average molecular weight is 409 g/mol. The van der Waals surface area contributed by atoms with Gasteiger partial charge in [0.25, 0.3) is 0 Å². The molecule has 0 aliphatic heterocycles. The molecule has 1 aromatic carbocycles. The number of esters is 2. The molecule has 0 spiro atoms. The van der Waals surface area contributed by atoms with Crippen LogP contribution < -0.4 is 5.32 Å². The van der Waals surface area contributed by atoms with Crippen molar-refractivity contribution in [3.8, 4) is 5.75 Å². The fourth-order valence-electron chi connectivity index (χ4n) is 2.14. The number of carbonyl (C=O) groups is 3. The summed E-state index contributed by atoms with van der Waals surface area (Å²) in [7, 11) is 0. The molecule has 1 rings (SSSR count). The molecule has 8 heteroatoms. The Hall–Kier alpha value is -2.77. The zero-order valence-corrected chi connectivity index (χ0v) is 17.5. The highest BCUT2D eigenvalue weighted by molar-refractivity contribution is 5.86. The quantitative estimate of drug-likeness (QED) is 0.427. The van der Waals surface area contributed by atoms with Crippen molar-refractivity contribution in [2.75, 3.05) is 19.8 Å². The van der Waals surface area contributed by atoms with Crippen LogP contribution in [0.15, 0.2) is 24.3 Å². The second kappa shape index (κ2) is 12.6. The number of phenols is 1. The molecule has 162 valence electrons. The van der Waals surface area contributed by atoms with E-state index < -0.39 is 24.1 Å². The zero-order valence-electron chi connectivity index (χ0n) is 17.5. The number of hydrogen-bond donors (Lipinski definition) is 2. The van der Waals surface area contributed by atoms with E-state index in [2.05, 4.69) is 5.32 Å². The molecule has 8 nitrogen and oxygen atoms in total. The number of aromatic hydroxyl groups is 1. The minimum atomic E-state index is -1.19. The summed E-state index contributed by atoms with van der Waals surface area (Å²) in [5.41, 5.74) is 0.876. The third-order valence-electron chi connectivity index (χ3n) is 3.64. The van der Waals surface area contributed by atoms with Gasteiger partial charge in [0.05, 0.1) is 26.2 Å². The molecule has 2 N–H and O–H groups in total. The first kappa shape index (κ1) is 24.3. The van der Waals surface area contributed by atoms with Crippen LogP contribution in [-0.4, -0.2) is 49.0 Å². The normalized spacial score (nSPS) is 11.8. The maximum absolute atomic E-state index is 12.3. The van der Waals surface area contributed by atoms with Crippen molar-refractivity contribution in [1.82, 2.24) is 5.32 Å². The van der Waals surface area contributed by atoms with Gasteiger partial charge in [-0.15, -0.1) is 0 Å². The van der Waals surface area contributed by atoms with Gasteiger partial charge in [0.1, 0.15) is 11.8 Å². The van der Waals surface area contributed by atoms with Gasteiger partial charge >= 0.3 is 18.0 Å². The third-order valence-corrected chi connectivity index (χ3v) is 3.64. The molecular weight excluding hydrogens is 378 g/mol. The van der Waals surface area contributed by atoms with Crippen molar-refractivity contribution < 1.29 is 33.7 Å². The second-order valence-electron chi connectivity index (χ2n) is 7.55. The molecule has 1 atom stereocenters. The van der Waals surface area contributed by atoms with Crippen molar-refractivity contribution in [1.29, 1.82) is 0 Å². The van der Waals surface area contributed by atoms with Crippen LogP contribution in [0.25, 0.3) is 0 Å². The molecular formula is C21H31NO7. The van der Waals surface area contributed by atoms with Gasteiger partial charge in [-0.25, -0.2) is 9.59 Å². The minimum Gasteiger partial charge on any atom is -0.508 e. The lowest BCUT2D eigenvalue weighted by atomic mass is 10.1. The molecule has 0 bridgehead atoms. The number of nitrogens with one attached hydrogen (secondary N) is 1. The smallest absolute Gasteiger partial charge is 0.407 e. The number of ether oxygens (including phenoxy) is 3. The van der Waals surface area contributed by atoms with Crippen LogP contribution in [0, 0.1) is 11.8 Å². The Labute approximate surface area is 171 Å². The van der Waals surface area contributed by atoms with E-state index in [4.69, 9.17) is 14.2 Å². The van der Waals surface area contributed by atoms with E-state index in [-0.39, 0.29) is 43.8 Å². The first-order chi connectivity index (χ1) is 13.7. The summed E-state index contributed by atoms with van der Waals surface area (Å²) >= 11 is 0. The number of alkyl carbamates (subject to hydrolysis) is 1. The monoisotopic (exact) mass is 409 g/mol. The van der Waals surface area contributed by atoms with Crippen molar-refractivity contribution in [3.05, 3.63) is 29.8 Å². The number of phenolic OH excluding ortho intramolecular Hbond substituents is 1. The second-order valence-corrected chi connectivity index (χ2v) is 7.55. The van der Waals surface area contributed by atoms with E-state index in [1.165, 1.54) is 0 Å². The van der Waals surface area contributed by atoms with Gasteiger partial charge < -0.3 is 24.6 Å². The molecule has 0 saturated heterocycles. The summed E-state index contributed by atoms with van der Waals surface area (Å²) in [5, 5.41) is 11.6. The molecule has 0 radical (unpaired) electrons. The van der Waals surface area contributed by atoms with Gasteiger partial charge in [-0.2, -0.15) is 0 Å². The number of amides is 1. The van der Waals surface area contributed by atoms with Crippen LogP contribution in [-0.2, 0) is 30.2 Å². The van der Waals surface area contributed by atoms with Crippen LogP contribution in [0.1, 0.15) is 39.7 Å². The Morgan fingerprint density at radius 1 is 0.931 bits per heavy atom. The minimum absolute atomic E-state index is 0.0716. The van der Waals surface area contributed by atoms with Crippen LogP contribution in [0.2, 0.25) is 0 Å². The standard InChI is InChI=1S/C21H31NO7/c1-14(2)12-28-19(24)11-18(20(25)29-13-15(3)4)22-21(26)27-10-9-16-5-7-17(23)8-6-16/h5-8,14-15,18,23H,9-13H2,1-4H3,(H,22,26)/t18-/m0/s1. The average Bonchev–Trinajstić information content (AvgIpc) is 2.65. The summed E-state index contributed by atoms with van der Waals surface area (Å²) < 4.78 is 15.3. The molecule has 0 unspecified atom stereocenters. The molecule has 29 heavy (non-hydrogen) atoms. The number of carbonyl (C=O) groups excluding carboxylic acids is 3. The van der Waals surface area contributed by atoms with Gasteiger partial charge in [0.2, 0.25) is 0 Å². The molecule has 1 aromatic rings. The molecule has 0 heterocycles. The number of benzene rings is 1. The predicted molar refractivity (Wildman–Crippen MR) is 106 cm³/mol. The highest BCUT2D eigenvalue weighted by atomic mass is 16.6. The maximum Gasteiger partial charge on any atom is 0.407 e. The van der Waals surface area contributed by atoms with Crippen molar-refractivity contribution in [2.24, 2.45) is 11.8 Å². The lowest BCUT2D eigenvalue weighted by molar-refractivity contribution is -0.153. The fourth-order valence-corrected chi connectivity index (χ4v) is 2.14. The first-order valence-corrected chi connectivity index (χ1v) is 9.70. The predicted octanol–water partition coefficient (Wildman–Crippen LogP) is 2.82. The maximum atomic E-state index is 12.3. The van der Waals surface area contributed by atoms with Crippen molar-refractivity contribution in [3.63, 3.8) is 0 Å². The van der Waals surface area contributed by atoms with E-state index in [9.17, 15) is 19.5 Å². The van der Waals surface area contributed by atoms with E-state index in [0.29, 0.717) is 6.42 Å². The largest absolute Gasteiger partial charge is 0.508 e.